The van der Waals surface area contributed by atoms with Gasteiger partial charge in [-0.05, 0) is 36.9 Å². The van der Waals surface area contributed by atoms with E-state index in [9.17, 15) is 9.59 Å². The molecule has 1 saturated heterocycles. The maximum atomic E-state index is 12.4. The molecule has 3 N–H and O–H groups in total. The molecule has 28 heavy (non-hydrogen) atoms. The fourth-order valence-corrected chi connectivity index (χ4v) is 3.87. The van der Waals surface area contributed by atoms with Gasteiger partial charge in [-0.1, -0.05) is 30.3 Å². The predicted octanol–water partition coefficient (Wildman–Crippen LogP) is 2.05. The molecule has 0 aliphatic carbocycles. The Balaban J connectivity index is 1.28. The van der Waals surface area contributed by atoms with Crippen molar-refractivity contribution < 1.29 is 9.59 Å². The lowest BCUT2D eigenvalue weighted by molar-refractivity contribution is -0.114. The standard InChI is InChI=1S/C21H25N5O2/c27-19-13-24-20-18(25-19)11-17(12-23-20)21(28)22-8-10-26-9-4-7-16(14-26)15-5-2-1-3-6-15/h1-3,5-6,11-12,16H,4,7-10,13-14H2,(H,22,28)(H,23,24)(H,25,27). The molecule has 1 atom stereocenters. The molecule has 0 saturated carbocycles. The van der Waals surface area contributed by atoms with Crippen LogP contribution >= 0.6 is 0 Å². The van der Waals surface area contributed by atoms with Crippen LogP contribution in [0.1, 0.15) is 34.7 Å². The molecule has 1 aromatic carbocycles. The van der Waals surface area contributed by atoms with Crippen molar-refractivity contribution in [2.45, 2.75) is 18.8 Å². The monoisotopic (exact) mass is 379 g/mol. The third-order valence-electron chi connectivity index (χ3n) is 5.33. The topological polar surface area (TPSA) is 86.4 Å². The Hall–Kier alpha value is -2.93. The van der Waals surface area contributed by atoms with Gasteiger partial charge in [-0.15, -0.1) is 0 Å². The first kappa shape index (κ1) is 18.4. The minimum absolute atomic E-state index is 0.134. The molecule has 0 radical (unpaired) electrons. The molecule has 4 rings (SSSR count). The lowest BCUT2D eigenvalue weighted by Crippen LogP contribution is -2.40. The van der Waals surface area contributed by atoms with Gasteiger partial charge in [0.2, 0.25) is 5.91 Å². The Morgan fingerprint density at radius 3 is 3.00 bits per heavy atom. The molecular weight excluding hydrogens is 354 g/mol. The largest absolute Gasteiger partial charge is 0.359 e. The highest BCUT2D eigenvalue weighted by Gasteiger charge is 2.21. The average molecular weight is 379 g/mol. The Bertz CT molecular complexity index is 855. The van der Waals surface area contributed by atoms with E-state index in [-0.39, 0.29) is 18.4 Å². The van der Waals surface area contributed by atoms with E-state index in [1.165, 1.54) is 24.6 Å². The van der Waals surface area contributed by atoms with Crippen molar-refractivity contribution in [3.05, 3.63) is 53.7 Å². The van der Waals surface area contributed by atoms with Gasteiger partial charge >= 0.3 is 0 Å². The van der Waals surface area contributed by atoms with Gasteiger partial charge in [-0.25, -0.2) is 4.98 Å². The first-order chi connectivity index (χ1) is 13.7. The summed E-state index contributed by atoms with van der Waals surface area (Å²) in [6.07, 6.45) is 3.92. The van der Waals surface area contributed by atoms with Gasteiger partial charge in [-0.3, -0.25) is 9.59 Å². The van der Waals surface area contributed by atoms with Crippen LogP contribution in [0.25, 0.3) is 0 Å². The average Bonchev–Trinajstić information content (AvgIpc) is 2.74. The van der Waals surface area contributed by atoms with Crippen molar-refractivity contribution in [3.8, 4) is 0 Å². The van der Waals surface area contributed by atoms with Gasteiger partial charge < -0.3 is 20.9 Å². The molecule has 1 aromatic heterocycles. The van der Waals surface area contributed by atoms with Crippen LogP contribution in [0, 0.1) is 0 Å². The number of carbonyl (C=O) groups is 2. The van der Waals surface area contributed by atoms with E-state index in [4.69, 9.17) is 0 Å². The van der Waals surface area contributed by atoms with Gasteiger partial charge in [0.25, 0.3) is 5.91 Å². The van der Waals surface area contributed by atoms with Crippen LogP contribution < -0.4 is 16.0 Å². The number of nitrogens with zero attached hydrogens (tertiary/aromatic N) is 2. The van der Waals surface area contributed by atoms with Gasteiger partial charge in [0.15, 0.2) is 0 Å². The summed E-state index contributed by atoms with van der Waals surface area (Å²) in [6, 6.07) is 12.3. The highest BCUT2D eigenvalue weighted by Crippen LogP contribution is 2.26. The number of pyridine rings is 1. The molecule has 0 spiro atoms. The molecule has 1 fully saturated rings. The van der Waals surface area contributed by atoms with Gasteiger partial charge in [-0.2, -0.15) is 0 Å². The van der Waals surface area contributed by atoms with Gasteiger partial charge in [0, 0.05) is 25.8 Å². The number of fused-ring (bicyclic) bond motifs is 1. The van der Waals surface area contributed by atoms with Crippen LogP contribution in [0.2, 0.25) is 0 Å². The van der Waals surface area contributed by atoms with Crippen molar-refractivity contribution in [2.24, 2.45) is 0 Å². The van der Waals surface area contributed by atoms with Crippen molar-refractivity contribution in [1.82, 2.24) is 15.2 Å². The van der Waals surface area contributed by atoms with Gasteiger partial charge in [0.1, 0.15) is 5.82 Å². The van der Waals surface area contributed by atoms with Crippen molar-refractivity contribution >= 4 is 23.3 Å². The second-order valence-corrected chi connectivity index (χ2v) is 7.33. The normalized spacial score (nSPS) is 19.3. The van der Waals surface area contributed by atoms with E-state index < -0.39 is 0 Å². The molecule has 2 amide bonds. The second-order valence-electron chi connectivity index (χ2n) is 7.33. The molecule has 0 bridgehead atoms. The summed E-state index contributed by atoms with van der Waals surface area (Å²) in [6.45, 7) is 3.70. The second kappa shape index (κ2) is 8.39. The molecular formula is C21H25N5O2. The van der Waals surface area contributed by atoms with E-state index in [1.807, 2.05) is 0 Å². The zero-order chi connectivity index (χ0) is 19.3. The molecule has 2 aromatic rings. The summed E-state index contributed by atoms with van der Waals surface area (Å²) in [7, 11) is 0. The SMILES string of the molecule is O=C1CNc2ncc(C(=O)NCCN3CCCC(c4ccccc4)C3)cc2N1. The van der Waals surface area contributed by atoms with E-state index in [0.29, 0.717) is 29.5 Å². The molecule has 7 heteroatoms. The van der Waals surface area contributed by atoms with E-state index in [1.54, 1.807) is 6.07 Å². The molecule has 7 nitrogen and oxygen atoms in total. The number of carbonyl (C=O) groups excluding carboxylic acids is 2. The summed E-state index contributed by atoms with van der Waals surface area (Å²) in [5, 5.41) is 8.62. The van der Waals surface area contributed by atoms with Crippen LogP contribution in [0.4, 0.5) is 11.5 Å². The third kappa shape index (κ3) is 4.31. The number of benzene rings is 1. The van der Waals surface area contributed by atoms with E-state index >= 15 is 0 Å². The van der Waals surface area contributed by atoms with Crippen molar-refractivity contribution in [3.63, 3.8) is 0 Å². The number of piperidine rings is 1. The van der Waals surface area contributed by atoms with E-state index in [2.05, 4.69) is 56.2 Å². The highest BCUT2D eigenvalue weighted by atomic mass is 16.2. The summed E-state index contributed by atoms with van der Waals surface area (Å²) >= 11 is 0. The maximum Gasteiger partial charge on any atom is 0.252 e. The number of aromatic nitrogens is 1. The number of hydrogen-bond acceptors (Lipinski definition) is 5. The fourth-order valence-electron chi connectivity index (χ4n) is 3.87. The highest BCUT2D eigenvalue weighted by molar-refractivity contribution is 6.02. The smallest absolute Gasteiger partial charge is 0.252 e. The van der Waals surface area contributed by atoms with Crippen molar-refractivity contribution in [1.29, 1.82) is 0 Å². The quantitative estimate of drug-likeness (QED) is 0.740. The van der Waals surface area contributed by atoms with Crippen LogP contribution in [-0.2, 0) is 4.79 Å². The molecule has 3 heterocycles. The number of nitrogens with one attached hydrogen (secondary N) is 3. The van der Waals surface area contributed by atoms with Crippen LogP contribution in [-0.4, -0.2) is 54.4 Å². The summed E-state index contributed by atoms with van der Waals surface area (Å²) in [5.74, 6) is 0.847. The zero-order valence-electron chi connectivity index (χ0n) is 15.8. The summed E-state index contributed by atoms with van der Waals surface area (Å²) in [4.78, 5) is 30.5. The lowest BCUT2D eigenvalue weighted by atomic mass is 9.91. The summed E-state index contributed by atoms with van der Waals surface area (Å²) < 4.78 is 0. The van der Waals surface area contributed by atoms with Crippen LogP contribution in [0.3, 0.4) is 0 Å². The minimum Gasteiger partial charge on any atom is -0.359 e. The number of rotatable bonds is 5. The number of likely N-dealkylation sites (tertiary alicyclic amines) is 1. The Morgan fingerprint density at radius 1 is 1.29 bits per heavy atom. The van der Waals surface area contributed by atoms with E-state index in [0.717, 1.165) is 19.6 Å². The molecule has 2 aliphatic rings. The maximum absolute atomic E-state index is 12.4. The minimum atomic E-state index is -0.174. The fraction of sp³-hybridized carbons (Fsp3) is 0.381. The Labute approximate surface area is 164 Å². The zero-order valence-corrected chi connectivity index (χ0v) is 15.8. The summed E-state index contributed by atoms with van der Waals surface area (Å²) in [5.41, 5.74) is 2.39. The number of amides is 2. The predicted molar refractivity (Wildman–Crippen MR) is 109 cm³/mol. The van der Waals surface area contributed by atoms with Crippen LogP contribution in [0.5, 0.6) is 0 Å². The molecule has 146 valence electrons. The number of anilines is 2. The Morgan fingerprint density at radius 2 is 2.14 bits per heavy atom. The molecule has 2 aliphatic heterocycles. The first-order valence-corrected chi connectivity index (χ1v) is 9.78. The van der Waals surface area contributed by atoms with Crippen LogP contribution in [0.15, 0.2) is 42.6 Å². The molecule has 1 unspecified atom stereocenters. The number of hydrogen-bond donors (Lipinski definition) is 3. The van der Waals surface area contributed by atoms with Crippen molar-refractivity contribution in [2.75, 3.05) is 43.4 Å². The Kier molecular flexibility index (Phi) is 5.53. The van der Waals surface area contributed by atoms with Gasteiger partial charge in [0.05, 0.1) is 17.8 Å². The first-order valence-electron chi connectivity index (χ1n) is 9.78. The lowest BCUT2D eigenvalue weighted by Gasteiger charge is -2.33. The third-order valence-corrected chi connectivity index (χ3v) is 5.33.